The van der Waals surface area contributed by atoms with Crippen molar-refractivity contribution in [2.45, 2.75) is 20.3 Å². The zero-order valence-corrected chi connectivity index (χ0v) is 10.6. The molecule has 1 heterocycles. The van der Waals surface area contributed by atoms with Crippen LogP contribution in [-0.2, 0) is 6.42 Å². The molecule has 2 rings (SSSR count). The normalized spacial score (nSPS) is 10.3. The Morgan fingerprint density at radius 3 is 2.67 bits per heavy atom. The van der Waals surface area contributed by atoms with Crippen molar-refractivity contribution < 1.29 is 4.79 Å². The fourth-order valence-electron chi connectivity index (χ4n) is 1.82. The zero-order valence-electron chi connectivity index (χ0n) is 10.6. The molecule has 92 valence electrons. The number of carbonyl (C=O) groups is 1. The second-order valence-corrected chi connectivity index (χ2v) is 4.51. The van der Waals surface area contributed by atoms with Gasteiger partial charge in [-0.25, -0.2) is 0 Å². The lowest BCUT2D eigenvalue weighted by Gasteiger charge is -2.06. The highest BCUT2D eigenvalue weighted by atomic mass is 16.1. The fraction of sp³-hybridized carbons (Fsp3) is 0.200. The standard InChI is InChI=1S/C15H16N2O/c1-10-3-4-11(2)12(7-10)8-15(18)14-6-5-13(16)9-17-14/h3-7,9H,8,16H2,1-2H3. The third-order valence-corrected chi connectivity index (χ3v) is 2.93. The van der Waals surface area contributed by atoms with Crippen LogP contribution in [0.2, 0.25) is 0 Å². The maximum atomic E-state index is 12.1. The smallest absolute Gasteiger partial charge is 0.185 e. The highest BCUT2D eigenvalue weighted by Gasteiger charge is 2.10. The number of benzene rings is 1. The van der Waals surface area contributed by atoms with Crippen molar-refractivity contribution in [2.75, 3.05) is 5.73 Å². The molecule has 3 heteroatoms. The maximum Gasteiger partial charge on any atom is 0.185 e. The van der Waals surface area contributed by atoms with Crippen molar-refractivity contribution in [1.29, 1.82) is 0 Å². The molecule has 0 saturated carbocycles. The van der Waals surface area contributed by atoms with Crippen LogP contribution in [0.5, 0.6) is 0 Å². The molecule has 0 aliphatic carbocycles. The van der Waals surface area contributed by atoms with E-state index in [1.165, 1.54) is 6.20 Å². The first-order chi connectivity index (χ1) is 8.56. The summed E-state index contributed by atoms with van der Waals surface area (Å²) in [5.74, 6) is 0.0173. The predicted molar refractivity (Wildman–Crippen MR) is 72.6 cm³/mol. The molecule has 0 bridgehead atoms. The third kappa shape index (κ3) is 2.74. The monoisotopic (exact) mass is 240 g/mol. The molecule has 0 amide bonds. The van der Waals surface area contributed by atoms with Crippen molar-refractivity contribution in [3.63, 3.8) is 0 Å². The second kappa shape index (κ2) is 5.00. The Balaban J connectivity index is 2.21. The third-order valence-electron chi connectivity index (χ3n) is 2.93. The first-order valence-electron chi connectivity index (χ1n) is 5.87. The van der Waals surface area contributed by atoms with Crippen LogP contribution < -0.4 is 5.73 Å². The molecule has 1 aromatic carbocycles. The molecule has 0 radical (unpaired) electrons. The summed E-state index contributed by atoms with van der Waals surface area (Å²) in [5, 5.41) is 0. The number of Topliss-reactive ketones (excluding diaryl/α,β-unsaturated/α-hetero) is 1. The van der Waals surface area contributed by atoms with Gasteiger partial charge in [-0.2, -0.15) is 0 Å². The second-order valence-electron chi connectivity index (χ2n) is 4.51. The van der Waals surface area contributed by atoms with Gasteiger partial charge in [0.15, 0.2) is 5.78 Å². The fourth-order valence-corrected chi connectivity index (χ4v) is 1.82. The van der Waals surface area contributed by atoms with Gasteiger partial charge in [0.05, 0.1) is 11.9 Å². The molecular formula is C15H16N2O. The average Bonchev–Trinajstić information content (AvgIpc) is 2.34. The lowest BCUT2D eigenvalue weighted by atomic mass is 9.99. The molecule has 0 atom stereocenters. The number of nitrogen functional groups attached to an aromatic ring is 1. The minimum Gasteiger partial charge on any atom is -0.397 e. The van der Waals surface area contributed by atoms with Crippen LogP contribution in [0, 0.1) is 13.8 Å². The quantitative estimate of drug-likeness (QED) is 0.839. The van der Waals surface area contributed by atoms with Gasteiger partial charge in [-0.05, 0) is 37.1 Å². The van der Waals surface area contributed by atoms with Crippen molar-refractivity contribution in [1.82, 2.24) is 4.98 Å². The summed E-state index contributed by atoms with van der Waals surface area (Å²) in [7, 11) is 0. The highest BCUT2D eigenvalue weighted by Crippen LogP contribution is 2.13. The first-order valence-corrected chi connectivity index (χ1v) is 5.87. The van der Waals surface area contributed by atoms with Gasteiger partial charge in [0.25, 0.3) is 0 Å². The number of aromatic nitrogens is 1. The van der Waals surface area contributed by atoms with E-state index >= 15 is 0 Å². The van der Waals surface area contributed by atoms with Gasteiger partial charge in [-0.3, -0.25) is 9.78 Å². The summed E-state index contributed by atoms with van der Waals surface area (Å²) < 4.78 is 0. The summed E-state index contributed by atoms with van der Waals surface area (Å²) in [4.78, 5) is 16.1. The summed E-state index contributed by atoms with van der Waals surface area (Å²) in [6.07, 6.45) is 1.89. The molecule has 2 N–H and O–H groups in total. The van der Waals surface area contributed by atoms with Gasteiger partial charge in [-0.1, -0.05) is 23.8 Å². The molecule has 0 spiro atoms. The molecule has 0 aliphatic heterocycles. The lowest BCUT2D eigenvalue weighted by Crippen LogP contribution is -2.07. The number of hydrogen-bond donors (Lipinski definition) is 1. The van der Waals surface area contributed by atoms with E-state index in [0.717, 1.165) is 16.7 Å². The number of anilines is 1. The Morgan fingerprint density at radius 2 is 2.00 bits per heavy atom. The Morgan fingerprint density at radius 1 is 1.22 bits per heavy atom. The van der Waals surface area contributed by atoms with Crippen LogP contribution in [0.3, 0.4) is 0 Å². The molecule has 2 aromatic rings. The van der Waals surface area contributed by atoms with Gasteiger partial charge >= 0.3 is 0 Å². The van der Waals surface area contributed by atoms with Gasteiger partial charge in [0, 0.05) is 6.42 Å². The topological polar surface area (TPSA) is 56.0 Å². The van der Waals surface area contributed by atoms with E-state index in [1.807, 2.05) is 32.0 Å². The number of nitrogens with zero attached hydrogens (tertiary/aromatic N) is 1. The van der Waals surface area contributed by atoms with Crippen LogP contribution in [0.1, 0.15) is 27.2 Å². The zero-order chi connectivity index (χ0) is 13.1. The van der Waals surface area contributed by atoms with E-state index < -0.39 is 0 Å². The minimum atomic E-state index is 0.0173. The average molecular weight is 240 g/mol. The van der Waals surface area contributed by atoms with Crippen LogP contribution in [0.4, 0.5) is 5.69 Å². The van der Waals surface area contributed by atoms with Crippen LogP contribution in [0.15, 0.2) is 36.5 Å². The Hall–Kier alpha value is -2.16. The van der Waals surface area contributed by atoms with Crippen LogP contribution in [0.25, 0.3) is 0 Å². The Labute approximate surface area is 107 Å². The van der Waals surface area contributed by atoms with E-state index in [-0.39, 0.29) is 5.78 Å². The van der Waals surface area contributed by atoms with E-state index in [2.05, 4.69) is 4.98 Å². The molecule has 1 aromatic heterocycles. The van der Waals surface area contributed by atoms with Crippen molar-refractivity contribution in [3.05, 3.63) is 58.9 Å². The SMILES string of the molecule is Cc1ccc(C)c(CC(=O)c2ccc(N)cn2)c1. The number of aryl methyl sites for hydroxylation is 2. The Kier molecular flexibility index (Phi) is 3.42. The van der Waals surface area contributed by atoms with E-state index in [9.17, 15) is 4.79 Å². The molecule has 0 unspecified atom stereocenters. The van der Waals surface area contributed by atoms with Gasteiger partial charge in [0.1, 0.15) is 5.69 Å². The summed E-state index contributed by atoms with van der Waals surface area (Å²) >= 11 is 0. The summed E-state index contributed by atoms with van der Waals surface area (Å²) in [6, 6.07) is 9.50. The predicted octanol–water partition coefficient (Wildman–Crippen LogP) is 2.71. The number of nitrogens with two attached hydrogens (primary N) is 1. The number of carbonyl (C=O) groups excluding carboxylic acids is 1. The highest BCUT2D eigenvalue weighted by molar-refractivity contribution is 5.96. The van der Waals surface area contributed by atoms with Gasteiger partial charge in [-0.15, -0.1) is 0 Å². The first kappa shape index (κ1) is 12.3. The van der Waals surface area contributed by atoms with Crippen molar-refractivity contribution in [3.8, 4) is 0 Å². The molecule has 0 fully saturated rings. The molecule has 0 saturated heterocycles. The number of ketones is 1. The van der Waals surface area contributed by atoms with Crippen LogP contribution in [-0.4, -0.2) is 10.8 Å². The van der Waals surface area contributed by atoms with E-state index in [1.54, 1.807) is 12.1 Å². The van der Waals surface area contributed by atoms with Crippen LogP contribution >= 0.6 is 0 Å². The van der Waals surface area contributed by atoms with Gasteiger partial charge in [0.2, 0.25) is 0 Å². The Bertz CT molecular complexity index is 574. The molecule has 3 nitrogen and oxygen atoms in total. The molecule has 0 aliphatic rings. The van der Waals surface area contributed by atoms with Gasteiger partial charge < -0.3 is 5.73 Å². The van der Waals surface area contributed by atoms with Crippen molar-refractivity contribution in [2.24, 2.45) is 0 Å². The summed E-state index contributed by atoms with van der Waals surface area (Å²) in [5.41, 5.74) is 9.92. The molecule has 18 heavy (non-hydrogen) atoms. The maximum absolute atomic E-state index is 12.1. The number of pyridine rings is 1. The summed E-state index contributed by atoms with van der Waals surface area (Å²) in [6.45, 7) is 4.04. The van der Waals surface area contributed by atoms with E-state index in [0.29, 0.717) is 17.8 Å². The van der Waals surface area contributed by atoms with Crippen molar-refractivity contribution >= 4 is 11.5 Å². The molecular weight excluding hydrogens is 224 g/mol. The lowest BCUT2D eigenvalue weighted by molar-refractivity contribution is 0.0988. The largest absolute Gasteiger partial charge is 0.397 e. The minimum absolute atomic E-state index is 0.0173. The number of hydrogen-bond acceptors (Lipinski definition) is 3. The van der Waals surface area contributed by atoms with E-state index in [4.69, 9.17) is 5.73 Å². The number of rotatable bonds is 3.